The number of nitrogens with one attached hydrogen (secondary N) is 6. The van der Waals surface area contributed by atoms with Gasteiger partial charge in [-0.2, -0.15) is 26.3 Å². The highest BCUT2D eigenvalue weighted by molar-refractivity contribution is 5.95. The van der Waals surface area contributed by atoms with Crippen molar-refractivity contribution in [1.29, 1.82) is 5.41 Å². The Balaban J connectivity index is 0.000000683. The molecule has 18 nitrogen and oxygen atoms in total. The van der Waals surface area contributed by atoms with Gasteiger partial charge in [-0.3, -0.25) is 39.2 Å². The van der Waals surface area contributed by atoms with Crippen LogP contribution in [-0.2, 0) is 59.4 Å². The van der Waals surface area contributed by atoms with Crippen LogP contribution in [-0.4, -0.2) is 131 Å². The van der Waals surface area contributed by atoms with Gasteiger partial charge in [0.1, 0.15) is 17.9 Å². The third-order valence-electron chi connectivity index (χ3n) is 10.5. The summed E-state index contributed by atoms with van der Waals surface area (Å²) in [5.74, 6) is -7.19. The number of carboxylic acids is 2. The number of carbonyl (C=O) groups excluding carboxylic acids is 5. The number of nitrogens with zero attached hydrogens (tertiary/aromatic N) is 2. The summed E-state index contributed by atoms with van der Waals surface area (Å²) in [6.07, 6.45) is -9.27. The van der Waals surface area contributed by atoms with Gasteiger partial charge in [-0.05, 0) is 52.9 Å². The Labute approximate surface area is 402 Å². The van der Waals surface area contributed by atoms with E-state index in [2.05, 4.69) is 36.4 Å². The molecule has 380 valence electrons. The molecule has 6 aliphatic heterocycles. The van der Waals surface area contributed by atoms with E-state index in [-0.39, 0.29) is 62.5 Å². The van der Waals surface area contributed by atoms with Crippen LogP contribution < -0.4 is 32.3 Å². The molecule has 71 heavy (non-hydrogen) atoms. The summed E-state index contributed by atoms with van der Waals surface area (Å²) in [5.41, 5.74) is 10.6. The molecule has 10 rings (SSSR count). The van der Waals surface area contributed by atoms with Gasteiger partial charge in [0.15, 0.2) is 0 Å². The van der Waals surface area contributed by atoms with E-state index in [1.54, 1.807) is 72.8 Å². The molecule has 4 aromatic carbocycles. The molecule has 10 N–H and O–H groups in total. The lowest BCUT2D eigenvalue weighted by molar-refractivity contribution is -0.193. The van der Waals surface area contributed by atoms with Crippen LogP contribution in [0.1, 0.15) is 34.2 Å². The van der Waals surface area contributed by atoms with Crippen LogP contribution in [0.2, 0.25) is 0 Å². The van der Waals surface area contributed by atoms with Gasteiger partial charge in [-0.15, -0.1) is 0 Å². The molecule has 24 heteroatoms. The third-order valence-corrected chi connectivity index (χ3v) is 10.5. The molecule has 5 amide bonds. The van der Waals surface area contributed by atoms with Gasteiger partial charge in [0.05, 0.1) is 13.1 Å². The lowest BCUT2D eigenvalue weighted by Gasteiger charge is -2.33. The zero-order valence-corrected chi connectivity index (χ0v) is 37.7. The number of piperazine rings is 1. The van der Waals surface area contributed by atoms with Crippen LogP contribution in [0.25, 0.3) is 0 Å². The largest absolute Gasteiger partial charge is 0.490 e. The standard InChI is InChI=1S/C43H49N9O5.2C2HF3O2/c44-41(45)33-13-6-32(7-14-33)26-46-42(56)36-24-30-8-15-34(16-9-30)47-39(54)27-51-20-22-52(23-21-51)28-40(55)48-35-17-10-31(11-18-35)25-37(43(57)50-36)49-38(53)19-12-29-4-2-1-3-5-29;2*3-2(4,5)1(6)7/h1-11,13-18,36-37H,12,19-28H2,(H3,44,45)(H,46,56)(H,47,54)(H,48,55)(H,49,53)(H,50,57);2*(H,6,7)/t36-,37+;;/m0../s1. The lowest BCUT2D eigenvalue weighted by Crippen LogP contribution is -2.55. The zero-order valence-electron chi connectivity index (χ0n) is 37.7. The number of hydrogen-bond donors (Lipinski definition) is 9. The van der Waals surface area contributed by atoms with Crippen molar-refractivity contribution in [3.63, 3.8) is 0 Å². The average molecular weight is 1000 g/mol. The van der Waals surface area contributed by atoms with Crippen molar-refractivity contribution >= 4 is 58.7 Å². The molecular weight excluding hydrogens is 949 g/mol. The number of carbonyl (C=O) groups is 7. The number of anilines is 2. The topological polar surface area (TPSA) is 276 Å². The molecule has 0 aliphatic carbocycles. The number of halogens is 6. The lowest BCUT2D eigenvalue weighted by atomic mass is 10.0. The summed E-state index contributed by atoms with van der Waals surface area (Å²) in [6.45, 7) is 3.18. The Hall–Kier alpha value is -7.86. The molecule has 6 bridgehead atoms. The van der Waals surface area contributed by atoms with E-state index < -0.39 is 48.2 Å². The molecule has 4 aromatic rings. The normalized spacial score (nSPS) is 18.6. The van der Waals surface area contributed by atoms with Gasteiger partial charge in [-0.25, -0.2) is 9.59 Å². The first-order valence-corrected chi connectivity index (χ1v) is 21.6. The highest BCUT2D eigenvalue weighted by Crippen LogP contribution is 2.17. The number of amides is 5. The van der Waals surface area contributed by atoms with Crippen LogP contribution in [0.4, 0.5) is 37.7 Å². The minimum atomic E-state index is -5.08. The number of fused-ring (bicyclic) bond motifs is 1. The van der Waals surface area contributed by atoms with Gasteiger partial charge in [0, 0.05) is 68.9 Å². The van der Waals surface area contributed by atoms with E-state index in [1.807, 2.05) is 30.3 Å². The van der Waals surface area contributed by atoms with Crippen LogP contribution >= 0.6 is 0 Å². The second-order valence-corrected chi connectivity index (χ2v) is 16.1. The fraction of sp³-hybridized carbons (Fsp3) is 0.319. The molecule has 0 radical (unpaired) electrons. The van der Waals surface area contributed by atoms with E-state index in [0.29, 0.717) is 49.5 Å². The molecule has 0 saturated carbocycles. The van der Waals surface area contributed by atoms with Crippen molar-refractivity contribution in [3.05, 3.63) is 131 Å². The first kappa shape index (κ1) is 55.7. The number of aryl methyl sites for hydroxylation is 1. The number of hydrogen-bond acceptors (Lipinski definition) is 10. The molecular formula is C47H51F6N9O9. The maximum Gasteiger partial charge on any atom is 0.490 e. The van der Waals surface area contributed by atoms with Crippen molar-refractivity contribution in [2.45, 2.75) is 56.7 Å². The number of carboxylic acid groups (broad SMARTS) is 2. The molecule has 0 unspecified atom stereocenters. The van der Waals surface area contributed by atoms with Crippen LogP contribution in [0, 0.1) is 5.41 Å². The Bertz CT molecular complexity index is 2450. The van der Waals surface area contributed by atoms with Gasteiger partial charge in [-0.1, -0.05) is 78.9 Å². The first-order chi connectivity index (χ1) is 33.4. The van der Waals surface area contributed by atoms with E-state index in [1.165, 1.54) is 0 Å². The summed E-state index contributed by atoms with van der Waals surface area (Å²) < 4.78 is 63.5. The van der Waals surface area contributed by atoms with E-state index in [4.69, 9.17) is 30.9 Å². The Kier molecular flexibility index (Phi) is 20.6. The smallest absolute Gasteiger partial charge is 0.475 e. The first-order valence-electron chi connectivity index (χ1n) is 21.6. The number of benzene rings is 4. The SMILES string of the molecule is N=C(N)c1ccc(CNC(=O)[C@@H]2Cc3ccc(cc3)NC(=O)CN3CCN(CC3)CC(=O)Nc3ccc(cc3)C[C@@H](NC(=O)CCc3ccccc3)C(=O)N2)cc1.O=C(O)C(F)(F)F.O=C(O)C(F)(F)F. The van der Waals surface area contributed by atoms with Crippen LogP contribution in [0.3, 0.4) is 0 Å². The second-order valence-electron chi connectivity index (χ2n) is 16.1. The molecule has 0 aromatic heterocycles. The second kappa shape index (κ2) is 26.2. The zero-order chi connectivity index (χ0) is 52.3. The minimum absolute atomic E-state index is 0.0635. The quantitative estimate of drug-likeness (QED) is 0.0698. The molecule has 1 saturated heterocycles. The Morgan fingerprint density at radius 1 is 0.662 bits per heavy atom. The van der Waals surface area contributed by atoms with E-state index in [0.717, 1.165) is 22.3 Å². The Morgan fingerprint density at radius 2 is 1.11 bits per heavy atom. The highest BCUT2D eigenvalue weighted by atomic mass is 19.4. The third kappa shape index (κ3) is 19.9. The summed E-state index contributed by atoms with van der Waals surface area (Å²) >= 11 is 0. The molecule has 6 aliphatic rings. The van der Waals surface area contributed by atoms with Crippen molar-refractivity contribution in [3.8, 4) is 0 Å². The van der Waals surface area contributed by atoms with Crippen LogP contribution in [0.5, 0.6) is 0 Å². The Morgan fingerprint density at radius 3 is 1.55 bits per heavy atom. The van der Waals surface area contributed by atoms with Crippen molar-refractivity contribution in [2.75, 3.05) is 49.9 Å². The summed E-state index contributed by atoms with van der Waals surface area (Å²) in [6, 6.07) is 28.7. The summed E-state index contributed by atoms with van der Waals surface area (Å²) in [5, 5.41) is 36.5. The van der Waals surface area contributed by atoms with Gasteiger partial charge < -0.3 is 42.5 Å². The maximum absolute atomic E-state index is 14.2. The fourth-order valence-electron chi connectivity index (χ4n) is 6.81. The van der Waals surface area contributed by atoms with E-state index in [9.17, 15) is 50.3 Å². The monoisotopic (exact) mass is 999 g/mol. The fourth-order valence-corrected chi connectivity index (χ4v) is 6.81. The number of nitrogens with two attached hydrogens (primary N) is 1. The number of nitrogen functional groups attached to an aromatic ring is 1. The summed E-state index contributed by atoms with van der Waals surface area (Å²) in [4.78, 5) is 89.1. The molecule has 6 heterocycles. The summed E-state index contributed by atoms with van der Waals surface area (Å²) in [7, 11) is 0. The van der Waals surface area contributed by atoms with Crippen molar-refractivity contribution in [2.24, 2.45) is 5.73 Å². The number of alkyl halides is 6. The molecule has 1 fully saturated rings. The maximum atomic E-state index is 14.2. The predicted molar refractivity (Wildman–Crippen MR) is 246 cm³/mol. The van der Waals surface area contributed by atoms with Gasteiger partial charge in [0.25, 0.3) is 0 Å². The highest BCUT2D eigenvalue weighted by Gasteiger charge is 2.39. The van der Waals surface area contributed by atoms with Gasteiger partial charge >= 0.3 is 24.3 Å². The average Bonchev–Trinajstić information content (AvgIpc) is 3.31. The van der Waals surface area contributed by atoms with Crippen molar-refractivity contribution < 1.29 is 70.1 Å². The van der Waals surface area contributed by atoms with Crippen molar-refractivity contribution in [1.82, 2.24) is 25.8 Å². The number of amidine groups is 1. The molecule has 2 atom stereocenters. The number of aliphatic carboxylic acids is 2. The van der Waals surface area contributed by atoms with Gasteiger partial charge in [0.2, 0.25) is 29.5 Å². The molecule has 0 spiro atoms. The number of rotatable bonds is 8. The minimum Gasteiger partial charge on any atom is -0.475 e. The van der Waals surface area contributed by atoms with Crippen LogP contribution in [0.15, 0.2) is 103 Å². The predicted octanol–water partition coefficient (Wildman–Crippen LogP) is 3.45. The van der Waals surface area contributed by atoms with E-state index >= 15 is 0 Å².